The van der Waals surface area contributed by atoms with Crippen molar-refractivity contribution in [3.05, 3.63) is 35.4 Å². The number of carbonyl (C=O) groups is 1. The van der Waals surface area contributed by atoms with Crippen molar-refractivity contribution in [2.75, 3.05) is 0 Å². The summed E-state index contributed by atoms with van der Waals surface area (Å²) in [6.07, 6.45) is -0.182. The number of halogens is 1. The molecule has 0 fully saturated rings. The monoisotopic (exact) mass is 194 g/mol. The Morgan fingerprint density at radius 3 is 2.29 bits per heavy atom. The molecular weight excluding hydrogens is 179 g/mol. The lowest BCUT2D eigenvalue weighted by molar-refractivity contribution is -0.112. The van der Waals surface area contributed by atoms with E-state index in [0.29, 0.717) is 17.8 Å². The topological polar surface area (TPSA) is 17.1 Å². The van der Waals surface area contributed by atoms with Gasteiger partial charge in [-0.05, 0) is 23.5 Å². The third-order valence-electron chi connectivity index (χ3n) is 2.06. The van der Waals surface area contributed by atoms with Gasteiger partial charge in [0.2, 0.25) is 0 Å². The molecule has 0 heterocycles. The molecule has 0 radical (unpaired) electrons. The molecule has 0 saturated heterocycles. The number of rotatable bonds is 4. The third kappa shape index (κ3) is 2.95. The highest BCUT2D eigenvalue weighted by Crippen LogP contribution is 2.16. The smallest absolute Gasteiger partial charge is 0.180 e. The van der Waals surface area contributed by atoms with Gasteiger partial charge in [0.1, 0.15) is 0 Å². The van der Waals surface area contributed by atoms with Crippen LogP contribution < -0.4 is 0 Å². The summed E-state index contributed by atoms with van der Waals surface area (Å²) in [5.41, 5.74) is 1.62. The van der Waals surface area contributed by atoms with Crippen LogP contribution in [0.3, 0.4) is 0 Å². The van der Waals surface area contributed by atoms with Crippen LogP contribution in [0.4, 0.5) is 4.39 Å². The number of carbonyl (C=O) groups excluding carboxylic acids is 1. The minimum atomic E-state index is -1.48. The normalized spacial score (nSPS) is 12.9. The molecule has 0 N–H and O–H groups in total. The predicted molar refractivity (Wildman–Crippen MR) is 54.9 cm³/mol. The second kappa shape index (κ2) is 4.89. The van der Waals surface area contributed by atoms with Gasteiger partial charge in [0, 0.05) is 0 Å². The molecule has 14 heavy (non-hydrogen) atoms. The van der Waals surface area contributed by atoms with Crippen molar-refractivity contribution >= 4 is 6.29 Å². The zero-order chi connectivity index (χ0) is 10.6. The Bertz CT molecular complexity index is 290. The Labute approximate surface area is 83.9 Å². The lowest BCUT2D eigenvalue weighted by atomic mass is 10.0. The van der Waals surface area contributed by atoms with Crippen molar-refractivity contribution in [1.82, 2.24) is 0 Å². The molecule has 0 amide bonds. The van der Waals surface area contributed by atoms with E-state index in [2.05, 4.69) is 13.8 Å². The molecule has 1 nitrogen and oxygen atoms in total. The van der Waals surface area contributed by atoms with Crippen molar-refractivity contribution in [3.8, 4) is 0 Å². The van der Waals surface area contributed by atoms with Crippen LogP contribution in [0.25, 0.3) is 0 Å². The largest absolute Gasteiger partial charge is 0.300 e. The summed E-state index contributed by atoms with van der Waals surface area (Å²) in [5, 5.41) is 0. The maximum atomic E-state index is 12.9. The van der Waals surface area contributed by atoms with Crippen LogP contribution in [-0.2, 0) is 11.2 Å². The summed E-state index contributed by atoms with van der Waals surface area (Å²) in [6.45, 7) is 4.27. The third-order valence-corrected chi connectivity index (χ3v) is 2.06. The van der Waals surface area contributed by atoms with Crippen molar-refractivity contribution < 1.29 is 9.18 Å². The second-order valence-corrected chi connectivity index (χ2v) is 3.88. The van der Waals surface area contributed by atoms with Crippen LogP contribution in [0, 0.1) is 5.92 Å². The average molecular weight is 194 g/mol. The highest BCUT2D eigenvalue weighted by Gasteiger charge is 2.07. The average Bonchev–Trinajstić information content (AvgIpc) is 2.17. The Morgan fingerprint density at radius 2 is 1.86 bits per heavy atom. The maximum Gasteiger partial charge on any atom is 0.180 e. The van der Waals surface area contributed by atoms with Crippen LogP contribution in [-0.4, -0.2) is 6.29 Å². The molecule has 2 heteroatoms. The minimum absolute atomic E-state index is 0.317. The Morgan fingerprint density at radius 1 is 1.29 bits per heavy atom. The van der Waals surface area contributed by atoms with Gasteiger partial charge in [-0.25, -0.2) is 4.39 Å². The van der Waals surface area contributed by atoms with Crippen molar-refractivity contribution in [2.45, 2.75) is 26.4 Å². The number of benzene rings is 1. The van der Waals surface area contributed by atoms with E-state index in [1.807, 2.05) is 12.1 Å². The van der Waals surface area contributed by atoms with E-state index in [1.54, 1.807) is 12.1 Å². The molecule has 1 aromatic carbocycles. The highest BCUT2D eigenvalue weighted by molar-refractivity contribution is 5.59. The molecule has 0 bridgehead atoms. The number of hydrogen-bond donors (Lipinski definition) is 0. The molecule has 0 spiro atoms. The first kappa shape index (κ1) is 10.9. The molecule has 0 saturated carbocycles. The van der Waals surface area contributed by atoms with E-state index in [1.165, 1.54) is 5.56 Å². The van der Waals surface area contributed by atoms with Crippen molar-refractivity contribution in [1.29, 1.82) is 0 Å². The van der Waals surface area contributed by atoms with E-state index < -0.39 is 6.17 Å². The van der Waals surface area contributed by atoms with Gasteiger partial charge in [-0.1, -0.05) is 38.1 Å². The molecule has 1 rings (SSSR count). The summed E-state index contributed by atoms with van der Waals surface area (Å²) in [6, 6.07) is 7.12. The molecule has 1 unspecified atom stereocenters. The SMILES string of the molecule is CC(C)Cc1ccc(C(F)C=O)cc1. The Hall–Kier alpha value is -1.18. The Kier molecular flexibility index (Phi) is 3.81. The predicted octanol–water partition coefficient (Wildman–Crippen LogP) is 3.09. The van der Waals surface area contributed by atoms with Crippen molar-refractivity contribution in [3.63, 3.8) is 0 Å². The molecule has 0 aliphatic carbocycles. The van der Waals surface area contributed by atoms with Gasteiger partial charge in [-0.2, -0.15) is 0 Å². The van der Waals surface area contributed by atoms with E-state index in [0.717, 1.165) is 6.42 Å². The van der Waals surface area contributed by atoms with Gasteiger partial charge < -0.3 is 0 Å². The van der Waals surface area contributed by atoms with Crippen LogP contribution in [0.15, 0.2) is 24.3 Å². The fourth-order valence-corrected chi connectivity index (χ4v) is 1.39. The van der Waals surface area contributed by atoms with E-state index in [4.69, 9.17) is 0 Å². The molecular formula is C12H15FO. The van der Waals surface area contributed by atoms with E-state index in [9.17, 15) is 9.18 Å². The summed E-state index contributed by atoms with van der Waals surface area (Å²) in [4.78, 5) is 10.2. The number of alkyl halides is 1. The molecule has 0 aliphatic heterocycles. The summed E-state index contributed by atoms with van der Waals surface area (Å²) >= 11 is 0. The first-order valence-electron chi connectivity index (χ1n) is 4.81. The maximum absolute atomic E-state index is 12.9. The first-order valence-corrected chi connectivity index (χ1v) is 4.81. The number of aldehydes is 1. The zero-order valence-corrected chi connectivity index (χ0v) is 8.53. The lowest BCUT2D eigenvalue weighted by Gasteiger charge is -2.06. The molecule has 1 aromatic rings. The molecule has 0 aromatic heterocycles. The van der Waals surface area contributed by atoms with Gasteiger partial charge >= 0.3 is 0 Å². The van der Waals surface area contributed by atoms with E-state index >= 15 is 0 Å². The minimum Gasteiger partial charge on any atom is -0.300 e. The zero-order valence-electron chi connectivity index (χ0n) is 8.53. The van der Waals surface area contributed by atoms with Crippen LogP contribution >= 0.6 is 0 Å². The fourth-order valence-electron chi connectivity index (χ4n) is 1.39. The quantitative estimate of drug-likeness (QED) is 0.673. The van der Waals surface area contributed by atoms with Gasteiger partial charge in [0.15, 0.2) is 12.5 Å². The van der Waals surface area contributed by atoms with Crippen LogP contribution in [0.5, 0.6) is 0 Å². The van der Waals surface area contributed by atoms with Gasteiger partial charge in [-0.15, -0.1) is 0 Å². The fraction of sp³-hybridized carbons (Fsp3) is 0.417. The Balaban J connectivity index is 2.73. The number of hydrogen-bond acceptors (Lipinski definition) is 1. The summed E-state index contributed by atoms with van der Waals surface area (Å²) < 4.78 is 12.9. The van der Waals surface area contributed by atoms with Gasteiger partial charge in [-0.3, -0.25) is 4.79 Å². The second-order valence-electron chi connectivity index (χ2n) is 3.88. The van der Waals surface area contributed by atoms with Gasteiger partial charge in [0.25, 0.3) is 0 Å². The van der Waals surface area contributed by atoms with Crippen LogP contribution in [0.1, 0.15) is 31.1 Å². The molecule has 76 valence electrons. The first-order chi connectivity index (χ1) is 6.63. The molecule has 0 aliphatic rings. The summed E-state index contributed by atoms with van der Waals surface area (Å²) in [5.74, 6) is 0.591. The van der Waals surface area contributed by atoms with Crippen molar-refractivity contribution in [2.24, 2.45) is 5.92 Å². The van der Waals surface area contributed by atoms with Crippen LogP contribution in [0.2, 0.25) is 0 Å². The van der Waals surface area contributed by atoms with Gasteiger partial charge in [0.05, 0.1) is 0 Å². The highest BCUT2D eigenvalue weighted by atomic mass is 19.1. The standard InChI is InChI=1S/C12H15FO/c1-9(2)7-10-3-5-11(6-4-10)12(13)8-14/h3-6,8-9,12H,7H2,1-2H3. The lowest BCUT2D eigenvalue weighted by Crippen LogP contribution is -1.96. The summed E-state index contributed by atoms with van der Waals surface area (Å²) in [7, 11) is 0. The molecule has 1 atom stereocenters. The van der Waals surface area contributed by atoms with E-state index in [-0.39, 0.29) is 0 Å².